The topological polar surface area (TPSA) is 12.0 Å². The fourth-order valence-corrected chi connectivity index (χ4v) is 4.63. The Hall–Kier alpha value is -0.440. The Kier molecular flexibility index (Phi) is 3.44. The lowest BCUT2D eigenvalue weighted by atomic mass is 9.77. The highest BCUT2D eigenvalue weighted by Crippen LogP contribution is 2.48. The molecule has 3 heteroatoms. The number of hydrogen-bond acceptors (Lipinski definition) is 2. The predicted octanol–water partition coefficient (Wildman–Crippen LogP) is 5.03. The summed E-state index contributed by atoms with van der Waals surface area (Å²) in [7, 11) is 0. The van der Waals surface area contributed by atoms with Crippen LogP contribution in [0.5, 0.6) is 0 Å². The molecule has 1 saturated carbocycles. The Balaban J connectivity index is 2.00. The van der Waals surface area contributed by atoms with Crippen molar-refractivity contribution in [1.82, 2.24) is 4.72 Å². The quantitative estimate of drug-likeness (QED) is 0.724. The van der Waals surface area contributed by atoms with Crippen LogP contribution in [-0.4, -0.2) is 5.54 Å². The van der Waals surface area contributed by atoms with Crippen LogP contribution in [-0.2, 0) is 0 Å². The first-order valence-corrected chi connectivity index (χ1v) is 7.83. The average Bonchev–Trinajstić information content (AvgIpc) is 2.69. The van der Waals surface area contributed by atoms with Gasteiger partial charge in [0, 0.05) is 15.5 Å². The van der Waals surface area contributed by atoms with E-state index in [0.29, 0.717) is 0 Å². The van der Waals surface area contributed by atoms with Crippen LogP contribution in [0.1, 0.15) is 44.6 Å². The number of hydrogen-bond donors (Lipinski definition) is 1. The monoisotopic (exact) mass is 279 g/mol. The molecule has 1 heterocycles. The smallest absolute Gasteiger partial charge is 0.0506 e. The lowest BCUT2D eigenvalue weighted by molar-refractivity contribution is 0.326. The third-order valence-electron chi connectivity index (χ3n) is 4.23. The second kappa shape index (κ2) is 4.92. The Morgan fingerprint density at radius 3 is 2.61 bits per heavy atom. The summed E-state index contributed by atoms with van der Waals surface area (Å²) in [5.41, 5.74) is 2.90. The largest absolute Gasteiger partial charge is 0.250 e. The highest BCUT2D eigenvalue weighted by molar-refractivity contribution is 8.07. The molecule has 0 unspecified atom stereocenters. The van der Waals surface area contributed by atoms with Gasteiger partial charge in [0.05, 0.1) is 5.54 Å². The van der Waals surface area contributed by atoms with Gasteiger partial charge in [0.15, 0.2) is 0 Å². The molecule has 1 aliphatic heterocycles. The van der Waals surface area contributed by atoms with E-state index in [0.717, 1.165) is 5.02 Å². The molecule has 1 N–H and O–H groups in total. The van der Waals surface area contributed by atoms with Crippen LogP contribution >= 0.6 is 23.5 Å². The Bertz CT molecular complexity index is 489. The van der Waals surface area contributed by atoms with Gasteiger partial charge >= 0.3 is 0 Å². The fraction of sp³-hybridized carbons (Fsp3) is 0.467. The fourth-order valence-electron chi connectivity index (χ4n) is 3.05. The van der Waals surface area contributed by atoms with Crippen molar-refractivity contribution < 1.29 is 0 Å². The molecule has 18 heavy (non-hydrogen) atoms. The average molecular weight is 280 g/mol. The SMILES string of the molecule is CC1=C(c2ccccc2Cl)SNC12CCCCC2. The molecule has 0 radical (unpaired) electrons. The molecule has 1 fully saturated rings. The lowest BCUT2D eigenvalue weighted by Crippen LogP contribution is -2.41. The van der Waals surface area contributed by atoms with Gasteiger partial charge in [0.2, 0.25) is 0 Å². The van der Waals surface area contributed by atoms with Gasteiger partial charge in [-0.2, -0.15) is 0 Å². The van der Waals surface area contributed by atoms with E-state index in [4.69, 9.17) is 11.6 Å². The van der Waals surface area contributed by atoms with E-state index in [-0.39, 0.29) is 5.54 Å². The second-order valence-electron chi connectivity index (χ2n) is 5.28. The van der Waals surface area contributed by atoms with Gasteiger partial charge in [-0.05, 0) is 43.4 Å². The molecule has 0 atom stereocenters. The van der Waals surface area contributed by atoms with E-state index in [1.54, 1.807) is 11.9 Å². The van der Waals surface area contributed by atoms with Gasteiger partial charge in [-0.15, -0.1) is 0 Å². The van der Waals surface area contributed by atoms with E-state index in [1.807, 2.05) is 12.1 Å². The molecule has 1 aromatic rings. The summed E-state index contributed by atoms with van der Waals surface area (Å²) in [6.45, 7) is 2.27. The zero-order valence-electron chi connectivity index (χ0n) is 10.6. The molecule has 2 aliphatic rings. The van der Waals surface area contributed by atoms with E-state index in [1.165, 1.54) is 48.1 Å². The molecule has 1 aromatic carbocycles. The van der Waals surface area contributed by atoms with Gasteiger partial charge in [-0.3, -0.25) is 0 Å². The van der Waals surface area contributed by atoms with Crippen molar-refractivity contribution in [3.63, 3.8) is 0 Å². The highest BCUT2D eigenvalue weighted by Gasteiger charge is 2.40. The molecular weight excluding hydrogens is 262 g/mol. The van der Waals surface area contributed by atoms with Crippen LogP contribution in [0.4, 0.5) is 0 Å². The second-order valence-corrected chi connectivity index (χ2v) is 6.50. The van der Waals surface area contributed by atoms with Crippen molar-refractivity contribution in [2.45, 2.75) is 44.6 Å². The first-order valence-electron chi connectivity index (χ1n) is 6.63. The summed E-state index contributed by atoms with van der Waals surface area (Å²) in [6.07, 6.45) is 6.57. The summed E-state index contributed by atoms with van der Waals surface area (Å²) in [6, 6.07) is 8.15. The van der Waals surface area contributed by atoms with Crippen LogP contribution in [0.15, 0.2) is 29.8 Å². The number of benzene rings is 1. The summed E-state index contributed by atoms with van der Waals surface area (Å²) >= 11 is 8.09. The minimum atomic E-state index is 0.234. The van der Waals surface area contributed by atoms with Crippen LogP contribution in [0.25, 0.3) is 4.91 Å². The molecule has 3 rings (SSSR count). The molecule has 1 spiro atoms. The Morgan fingerprint density at radius 1 is 1.17 bits per heavy atom. The van der Waals surface area contributed by atoms with Crippen LogP contribution in [0.3, 0.4) is 0 Å². The first-order chi connectivity index (χ1) is 8.73. The molecule has 1 nitrogen and oxygen atoms in total. The van der Waals surface area contributed by atoms with Gasteiger partial charge < -0.3 is 0 Å². The molecule has 96 valence electrons. The van der Waals surface area contributed by atoms with Gasteiger partial charge in [-0.25, -0.2) is 4.72 Å². The summed E-state index contributed by atoms with van der Waals surface area (Å²) in [4.78, 5) is 1.34. The zero-order valence-corrected chi connectivity index (χ0v) is 12.2. The number of nitrogens with one attached hydrogen (secondary N) is 1. The normalized spacial score (nSPS) is 22.8. The van der Waals surface area contributed by atoms with Gasteiger partial charge in [0.1, 0.15) is 0 Å². The maximum atomic E-state index is 6.32. The molecule has 0 aromatic heterocycles. The lowest BCUT2D eigenvalue weighted by Gasteiger charge is -2.34. The highest BCUT2D eigenvalue weighted by atomic mass is 35.5. The van der Waals surface area contributed by atoms with Crippen molar-refractivity contribution in [2.75, 3.05) is 0 Å². The standard InChI is InChI=1S/C15H18ClNS/c1-11-14(12-7-3-4-8-13(12)16)18-17-15(11)9-5-2-6-10-15/h3-4,7-8,17H,2,5-6,9-10H2,1H3. The summed E-state index contributed by atoms with van der Waals surface area (Å²) in [5.74, 6) is 0. The number of rotatable bonds is 1. The molecule has 1 aliphatic carbocycles. The van der Waals surface area contributed by atoms with Gasteiger partial charge in [-0.1, -0.05) is 49.1 Å². The van der Waals surface area contributed by atoms with E-state index in [9.17, 15) is 0 Å². The van der Waals surface area contributed by atoms with E-state index in [2.05, 4.69) is 23.8 Å². The minimum Gasteiger partial charge on any atom is -0.250 e. The van der Waals surface area contributed by atoms with Crippen LogP contribution < -0.4 is 4.72 Å². The van der Waals surface area contributed by atoms with Crippen LogP contribution in [0.2, 0.25) is 5.02 Å². The van der Waals surface area contributed by atoms with Crippen molar-refractivity contribution in [3.8, 4) is 0 Å². The predicted molar refractivity (Wildman–Crippen MR) is 80.6 cm³/mol. The molecular formula is C15H18ClNS. The zero-order chi connectivity index (χ0) is 12.6. The maximum absolute atomic E-state index is 6.32. The Morgan fingerprint density at radius 2 is 1.89 bits per heavy atom. The van der Waals surface area contributed by atoms with Crippen LogP contribution in [0, 0.1) is 0 Å². The first kappa shape index (κ1) is 12.6. The molecule has 0 saturated heterocycles. The molecule has 0 amide bonds. The van der Waals surface area contributed by atoms with Crippen molar-refractivity contribution in [2.24, 2.45) is 0 Å². The maximum Gasteiger partial charge on any atom is 0.0506 e. The van der Waals surface area contributed by atoms with Gasteiger partial charge in [0.25, 0.3) is 0 Å². The number of halogens is 1. The third-order valence-corrected chi connectivity index (χ3v) is 5.79. The molecule has 0 bridgehead atoms. The third kappa shape index (κ3) is 2.01. The van der Waals surface area contributed by atoms with E-state index >= 15 is 0 Å². The van der Waals surface area contributed by atoms with Crippen molar-refractivity contribution >= 4 is 28.5 Å². The minimum absolute atomic E-state index is 0.234. The van der Waals surface area contributed by atoms with Crippen molar-refractivity contribution in [3.05, 3.63) is 40.4 Å². The van der Waals surface area contributed by atoms with Crippen molar-refractivity contribution in [1.29, 1.82) is 0 Å². The summed E-state index contributed by atoms with van der Waals surface area (Å²) in [5, 5.41) is 0.856. The Labute approximate surface area is 118 Å². The van der Waals surface area contributed by atoms with E-state index < -0.39 is 0 Å². The summed E-state index contributed by atoms with van der Waals surface area (Å²) < 4.78 is 3.68.